The summed E-state index contributed by atoms with van der Waals surface area (Å²) in [5.41, 5.74) is 1.92. The largest absolute Gasteiger partial charge is 0.478 e. The van der Waals surface area contributed by atoms with Crippen molar-refractivity contribution in [1.29, 1.82) is 5.26 Å². The number of carbonyl (C=O) groups excluding carboxylic acids is 2. The van der Waals surface area contributed by atoms with Crippen LogP contribution in [0.1, 0.15) is 39.9 Å². The molecular weight excluding hydrogens is 458 g/mol. The van der Waals surface area contributed by atoms with Crippen molar-refractivity contribution in [3.63, 3.8) is 0 Å². The first-order valence-corrected chi connectivity index (χ1v) is 11.7. The van der Waals surface area contributed by atoms with E-state index < -0.39 is 5.60 Å². The van der Waals surface area contributed by atoms with Crippen LogP contribution in [0.25, 0.3) is 11.3 Å². The Bertz CT molecular complexity index is 1430. The molecule has 178 valence electrons. The zero-order chi connectivity index (χ0) is 24.7. The Kier molecular flexibility index (Phi) is 5.19. The number of carbonyl (C=O) groups is 2. The molecule has 1 saturated heterocycles. The standard InChI is InChI=1S/C28H21N3O5/c29-16-18-1-3-20(4-2-18)27(33)31-13-9-28(10-14-31)26(32)24(25(36-28)19-7-11-30-12-8-19)21-5-6-22-23(15-21)35-17-34-22/h1-8,11-12,15H,9-10,13-14,17H2. The van der Waals surface area contributed by atoms with Crippen molar-refractivity contribution in [2.75, 3.05) is 19.9 Å². The van der Waals surface area contributed by atoms with E-state index >= 15 is 0 Å². The summed E-state index contributed by atoms with van der Waals surface area (Å²) in [5, 5.41) is 9.00. The Morgan fingerprint density at radius 1 is 0.944 bits per heavy atom. The van der Waals surface area contributed by atoms with Gasteiger partial charge in [-0.1, -0.05) is 6.07 Å². The Balaban J connectivity index is 1.29. The lowest BCUT2D eigenvalue weighted by Gasteiger charge is -2.38. The van der Waals surface area contributed by atoms with E-state index in [1.54, 1.807) is 47.6 Å². The minimum Gasteiger partial charge on any atom is -0.478 e. The zero-order valence-electron chi connectivity index (χ0n) is 19.3. The normalized spacial score (nSPS) is 17.8. The van der Waals surface area contributed by atoms with Gasteiger partial charge in [-0.05, 0) is 54.1 Å². The Morgan fingerprint density at radius 3 is 2.39 bits per heavy atom. The highest BCUT2D eigenvalue weighted by Gasteiger charge is 2.52. The molecule has 36 heavy (non-hydrogen) atoms. The van der Waals surface area contributed by atoms with Gasteiger partial charge in [-0.3, -0.25) is 14.6 Å². The van der Waals surface area contributed by atoms with Gasteiger partial charge in [-0.2, -0.15) is 5.26 Å². The molecule has 3 aliphatic rings. The topological polar surface area (TPSA) is 102 Å². The molecule has 0 bridgehead atoms. The monoisotopic (exact) mass is 479 g/mol. The third-order valence-corrected chi connectivity index (χ3v) is 6.89. The molecule has 4 heterocycles. The first kappa shape index (κ1) is 21.9. The predicted molar refractivity (Wildman–Crippen MR) is 129 cm³/mol. The summed E-state index contributed by atoms with van der Waals surface area (Å²) < 4.78 is 17.5. The van der Waals surface area contributed by atoms with E-state index in [2.05, 4.69) is 11.1 Å². The van der Waals surface area contributed by atoms with Gasteiger partial charge in [0.15, 0.2) is 17.1 Å². The van der Waals surface area contributed by atoms with Crippen LogP contribution < -0.4 is 9.47 Å². The molecule has 0 N–H and O–H groups in total. The van der Waals surface area contributed by atoms with Gasteiger partial charge in [-0.25, -0.2) is 0 Å². The first-order valence-electron chi connectivity index (χ1n) is 11.7. The Morgan fingerprint density at radius 2 is 1.67 bits per heavy atom. The molecule has 8 heteroatoms. The summed E-state index contributed by atoms with van der Waals surface area (Å²) in [6.45, 7) is 0.901. The second-order valence-corrected chi connectivity index (χ2v) is 8.91. The average molecular weight is 479 g/mol. The second kappa shape index (κ2) is 8.54. The fourth-order valence-electron chi connectivity index (χ4n) is 4.91. The van der Waals surface area contributed by atoms with Gasteiger partial charge in [0.05, 0.1) is 17.2 Å². The molecule has 1 fully saturated rings. The maximum Gasteiger partial charge on any atom is 0.253 e. The summed E-state index contributed by atoms with van der Waals surface area (Å²) in [4.78, 5) is 32.8. The number of amides is 1. The van der Waals surface area contributed by atoms with Crippen LogP contribution in [0.4, 0.5) is 0 Å². The lowest BCUT2D eigenvalue weighted by molar-refractivity contribution is -0.131. The highest BCUT2D eigenvalue weighted by molar-refractivity contribution is 6.33. The van der Waals surface area contributed by atoms with E-state index in [9.17, 15) is 9.59 Å². The van der Waals surface area contributed by atoms with Gasteiger partial charge < -0.3 is 19.1 Å². The third-order valence-electron chi connectivity index (χ3n) is 6.89. The van der Waals surface area contributed by atoms with Crippen molar-refractivity contribution in [2.24, 2.45) is 0 Å². The summed E-state index contributed by atoms with van der Waals surface area (Å²) in [7, 11) is 0. The van der Waals surface area contributed by atoms with E-state index in [4.69, 9.17) is 19.5 Å². The van der Waals surface area contributed by atoms with Gasteiger partial charge in [0, 0.05) is 49.5 Å². The number of likely N-dealkylation sites (tertiary alicyclic amines) is 1. The van der Waals surface area contributed by atoms with Crippen LogP contribution in [0.2, 0.25) is 0 Å². The number of fused-ring (bicyclic) bond motifs is 1. The molecule has 3 aliphatic heterocycles. The predicted octanol–water partition coefficient (Wildman–Crippen LogP) is 3.82. The number of nitrogens with zero attached hydrogens (tertiary/aromatic N) is 3. The zero-order valence-corrected chi connectivity index (χ0v) is 19.3. The van der Waals surface area contributed by atoms with E-state index in [-0.39, 0.29) is 18.5 Å². The molecule has 1 aromatic heterocycles. The number of ketones is 1. The summed E-state index contributed by atoms with van der Waals surface area (Å²) in [6.07, 6.45) is 4.07. The summed E-state index contributed by atoms with van der Waals surface area (Å²) in [5.74, 6) is 1.51. The molecule has 0 saturated carbocycles. The van der Waals surface area contributed by atoms with Crippen molar-refractivity contribution in [2.45, 2.75) is 18.4 Å². The van der Waals surface area contributed by atoms with E-state index in [0.717, 1.165) is 5.56 Å². The molecule has 2 aromatic carbocycles. The minimum atomic E-state index is -1.05. The number of nitriles is 1. The molecule has 0 unspecified atom stereocenters. The Hall–Kier alpha value is -4.64. The first-order chi connectivity index (χ1) is 17.6. The molecule has 1 amide bonds. The van der Waals surface area contributed by atoms with Gasteiger partial charge in [0.2, 0.25) is 12.6 Å². The number of hydrogen-bond acceptors (Lipinski definition) is 7. The molecule has 6 rings (SSSR count). The molecule has 0 radical (unpaired) electrons. The van der Waals surface area contributed by atoms with Gasteiger partial charge in [0.25, 0.3) is 5.91 Å². The third kappa shape index (κ3) is 3.57. The number of aromatic nitrogens is 1. The van der Waals surface area contributed by atoms with Crippen molar-refractivity contribution in [3.05, 3.63) is 89.2 Å². The van der Waals surface area contributed by atoms with E-state index in [0.29, 0.717) is 65.5 Å². The lowest BCUT2D eigenvalue weighted by Crippen LogP contribution is -2.50. The van der Waals surface area contributed by atoms with Crippen LogP contribution in [0.3, 0.4) is 0 Å². The van der Waals surface area contributed by atoms with Crippen molar-refractivity contribution < 1.29 is 23.8 Å². The molecule has 0 atom stereocenters. The fraction of sp³-hybridized carbons (Fsp3) is 0.214. The smallest absolute Gasteiger partial charge is 0.253 e. The number of Topliss-reactive ketones (excluding diaryl/α,β-unsaturated/α-hetero) is 1. The lowest BCUT2D eigenvalue weighted by atomic mass is 9.83. The fourth-order valence-corrected chi connectivity index (χ4v) is 4.91. The molecule has 0 aliphatic carbocycles. The maximum absolute atomic E-state index is 14.0. The van der Waals surface area contributed by atoms with Gasteiger partial charge >= 0.3 is 0 Å². The maximum atomic E-state index is 14.0. The number of pyridine rings is 1. The number of hydrogen-bond donors (Lipinski definition) is 0. The van der Waals surface area contributed by atoms with Crippen molar-refractivity contribution in [3.8, 4) is 17.6 Å². The summed E-state index contributed by atoms with van der Waals surface area (Å²) in [6, 6.07) is 17.7. The van der Waals surface area contributed by atoms with Crippen LogP contribution in [-0.2, 0) is 9.53 Å². The minimum absolute atomic E-state index is 0.0985. The molecule has 1 spiro atoms. The highest BCUT2D eigenvalue weighted by atomic mass is 16.7. The number of benzene rings is 2. The number of ether oxygens (including phenoxy) is 3. The van der Waals surface area contributed by atoms with Crippen LogP contribution in [-0.4, -0.2) is 47.1 Å². The molecule has 8 nitrogen and oxygen atoms in total. The van der Waals surface area contributed by atoms with Crippen molar-refractivity contribution in [1.82, 2.24) is 9.88 Å². The average Bonchev–Trinajstić information content (AvgIpc) is 3.51. The molecular formula is C28H21N3O5. The van der Waals surface area contributed by atoms with Crippen LogP contribution in [0.5, 0.6) is 11.5 Å². The van der Waals surface area contributed by atoms with Gasteiger partial charge in [0.1, 0.15) is 5.76 Å². The quantitative estimate of drug-likeness (QED) is 0.563. The van der Waals surface area contributed by atoms with Crippen LogP contribution in [0.15, 0.2) is 67.0 Å². The van der Waals surface area contributed by atoms with Crippen molar-refractivity contribution >= 4 is 23.0 Å². The molecule has 3 aromatic rings. The second-order valence-electron chi connectivity index (χ2n) is 8.91. The van der Waals surface area contributed by atoms with E-state index in [1.807, 2.05) is 24.3 Å². The highest BCUT2D eigenvalue weighted by Crippen LogP contribution is 2.47. The van der Waals surface area contributed by atoms with Gasteiger partial charge in [-0.15, -0.1) is 0 Å². The summed E-state index contributed by atoms with van der Waals surface area (Å²) >= 11 is 0. The number of piperidine rings is 1. The Labute approximate surface area is 207 Å². The SMILES string of the molecule is N#Cc1ccc(C(=O)N2CCC3(CC2)OC(c2ccncc2)=C(c2ccc4c(c2)OCO4)C3=O)cc1. The van der Waals surface area contributed by atoms with Crippen LogP contribution >= 0.6 is 0 Å². The van der Waals surface area contributed by atoms with E-state index in [1.165, 1.54) is 0 Å². The van der Waals surface area contributed by atoms with Crippen LogP contribution in [0, 0.1) is 11.3 Å². The number of rotatable bonds is 3.